The van der Waals surface area contributed by atoms with Crippen molar-refractivity contribution < 1.29 is 9.53 Å². The Hall–Kier alpha value is -1.29. The van der Waals surface area contributed by atoms with Gasteiger partial charge in [-0.05, 0) is 37.9 Å². The molecule has 0 atom stereocenters. The van der Waals surface area contributed by atoms with Gasteiger partial charge in [-0.15, -0.1) is 0 Å². The summed E-state index contributed by atoms with van der Waals surface area (Å²) in [5.74, 6) is -0.280. The number of nitrogens with two attached hydrogens (primary N) is 1. The van der Waals surface area contributed by atoms with Crippen LogP contribution < -0.4 is 5.73 Å². The maximum Gasteiger partial charge on any atom is 0.354 e. The highest BCUT2D eigenvalue weighted by Crippen LogP contribution is 2.50. The maximum absolute atomic E-state index is 11.5. The zero-order valence-corrected chi connectivity index (χ0v) is 9.82. The quantitative estimate of drug-likeness (QED) is 0.778. The second kappa shape index (κ2) is 3.94. The number of carbonyl (C=O) groups is 1. The third-order valence-electron chi connectivity index (χ3n) is 3.54. The molecule has 4 heteroatoms. The molecule has 0 unspecified atom stereocenters. The van der Waals surface area contributed by atoms with Gasteiger partial charge in [0.15, 0.2) is 0 Å². The van der Waals surface area contributed by atoms with Crippen LogP contribution in [0.15, 0.2) is 12.1 Å². The van der Waals surface area contributed by atoms with E-state index in [4.69, 9.17) is 10.5 Å². The number of ether oxygens (including phenoxy) is 1. The van der Waals surface area contributed by atoms with E-state index in [1.54, 1.807) is 0 Å². The highest BCUT2D eigenvalue weighted by molar-refractivity contribution is 5.87. The first-order valence-electron chi connectivity index (χ1n) is 5.59. The first kappa shape index (κ1) is 11.2. The van der Waals surface area contributed by atoms with Gasteiger partial charge in [-0.3, -0.25) is 0 Å². The molecule has 1 aliphatic rings. The summed E-state index contributed by atoms with van der Waals surface area (Å²) in [6, 6.07) is 3.85. The Kier molecular flexibility index (Phi) is 2.76. The molecule has 1 heterocycles. The Morgan fingerprint density at radius 1 is 1.56 bits per heavy atom. The number of esters is 1. The first-order valence-corrected chi connectivity index (χ1v) is 5.59. The monoisotopic (exact) mass is 222 g/mol. The lowest BCUT2D eigenvalue weighted by atomic mass is 9.98. The van der Waals surface area contributed by atoms with Crippen LogP contribution in [0.5, 0.6) is 0 Å². The molecule has 0 aromatic carbocycles. The van der Waals surface area contributed by atoms with Crippen molar-refractivity contribution in [2.45, 2.75) is 24.7 Å². The average molecular weight is 222 g/mol. The van der Waals surface area contributed by atoms with Crippen LogP contribution >= 0.6 is 0 Å². The third-order valence-corrected chi connectivity index (χ3v) is 3.54. The summed E-state index contributed by atoms with van der Waals surface area (Å²) >= 11 is 0. The van der Waals surface area contributed by atoms with Crippen LogP contribution in [0.3, 0.4) is 0 Å². The van der Waals surface area contributed by atoms with Crippen LogP contribution in [-0.2, 0) is 17.2 Å². The van der Waals surface area contributed by atoms with Gasteiger partial charge in [0.05, 0.1) is 7.11 Å². The number of hydrogen-bond donors (Lipinski definition) is 1. The van der Waals surface area contributed by atoms with Crippen molar-refractivity contribution >= 4 is 5.97 Å². The molecule has 1 saturated carbocycles. The van der Waals surface area contributed by atoms with Gasteiger partial charge in [-0.2, -0.15) is 0 Å². The van der Waals surface area contributed by atoms with Crippen LogP contribution in [-0.4, -0.2) is 24.2 Å². The maximum atomic E-state index is 11.5. The predicted molar refractivity (Wildman–Crippen MR) is 61.3 cm³/mol. The van der Waals surface area contributed by atoms with Crippen LogP contribution in [0.25, 0.3) is 0 Å². The van der Waals surface area contributed by atoms with E-state index in [1.807, 2.05) is 23.7 Å². The summed E-state index contributed by atoms with van der Waals surface area (Å²) in [5.41, 5.74) is 7.67. The van der Waals surface area contributed by atoms with E-state index in [0.717, 1.165) is 6.42 Å². The second-order valence-electron chi connectivity index (χ2n) is 4.47. The van der Waals surface area contributed by atoms with E-state index in [2.05, 4.69) is 0 Å². The Balaban J connectivity index is 2.30. The Morgan fingerprint density at radius 3 is 2.75 bits per heavy atom. The highest BCUT2D eigenvalue weighted by atomic mass is 16.5. The zero-order valence-electron chi connectivity index (χ0n) is 9.82. The molecule has 88 valence electrons. The molecule has 4 nitrogen and oxygen atoms in total. The number of aromatic nitrogens is 1. The molecule has 2 rings (SSSR count). The van der Waals surface area contributed by atoms with Gasteiger partial charge < -0.3 is 15.0 Å². The Labute approximate surface area is 95.4 Å². The van der Waals surface area contributed by atoms with Crippen molar-refractivity contribution in [2.24, 2.45) is 12.8 Å². The summed E-state index contributed by atoms with van der Waals surface area (Å²) < 4.78 is 6.68. The van der Waals surface area contributed by atoms with Gasteiger partial charge in [0.25, 0.3) is 0 Å². The van der Waals surface area contributed by atoms with Gasteiger partial charge in [0.2, 0.25) is 0 Å². The Morgan fingerprint density at radius 2 is 2.25 bits per heavy atom. The number of hydrogen-bond acceptors (Lipinski definition) is 3. The van der Waals surface area contributed by atoms with E-state index in [1.165, 1.54) is 25.6 Å². The van der Waals surface area contributed by atoms with Crippen LogP contribution in [0.4, 0.5) is 0 Å². The van der Waals surface area contributed by atoms with E-state index in [0.29, 0.717) is 12.2 Å². The summed E-state index contributed by atoms with van der Waals surface area (Å²) in [5, 5.41) is 0. The molecule has 1 aromatic heterocycles. The molecule has 2 N–H and O–H groups in total. The van der Waals surface area contributed by atoms with Gasteiger partial charge in [-0.25, -0.2) is 4.79 Å². The molecular formula is C12H18N2O2. The van der Waals surface area contributed by atoms with Gasteiger partial charge in [-0.1, -0.05) is 0 Å². The van der Waals surface area contributed by atoms with Crippen molar-refractivity contribution in [3.8, 4) is 0 Å². The predicted octanol–water partition coefficient (Wildman–Crippen LogP) is 1.19. The van der Waals surface area contributed by atoms with Crippen molar-refractivity contribution in [2.75, 3.05) is 13.7 Å². The topological polar surface area (TPSA) is 57.2 Å². The van der Waals surface area contributed by atoms with Gasteiger partial charge in [0.1, 0.15) is 5.69 Å². The fraction of sp³-hybridized carbons (Fsp3) is 0.583. The van der Waals surface area contributed by atoms with Crippen LogP contribution in [0.2, 0.25) is 0 Å². The fourth-order valence-corrected chi connectivity index (χ4v) is 2.41. The fourth-order valence-electron chi connectivity index (χ4n) is 2.41. The van der Waals surface area contributed by atoms with E-state index in [-0.39, 0.29) is 11.4 Å². The van der Waals surface area contributed by atoms with Crippen LogP contribution in [0, 0.1) is 0 Å². The molecule has 1 aromatic rings. The number of methoxy groups -OCH3 is 1. The molecule has 0 aliphatic heterocycles. The summed E-state index contributed by atoms with van der Waals surface area (Å²) in [6.07, 6.45) is 3.33. The van der Waals surface area contributed by atoms with Crippen molar-refractivity contribution in [1.29, 1.82) is 0 Å². The number of rotatable bonds is 4. The lowest BCUT2D eigenvalue weighted by Crippen LogP contribution is -2.18. The zero-order chi connectivity index (χ0) is 11.8. The lowest BCUT2D eigenvalue weighted by Gasteiger charge is -2.16. The normalized spacial score (nSPS) is 17.2. The van der Waals surface area contributed by atoms with Crippen molar-refractivity contribution in [3.05, 3.63) is 23.5 Å². The summed E-state index contributed by atoms with van der Waals surface area (Å²) in [6.45, 7) is 0.693. The first-order chi connectivity index (χ1) is 7.64. The molecule has 16 heavy (non-hydrogen) atoms. The van der Waals surface area contributed by atoms with Crippen molar-refractivity contribution in [3.63, 3.8) is 0 Å². The van der Waals surface area contributed by atoms with Gasteiger partial charge in [0, 0.05) is 18.2 Å². The highest BCUT2D eigenvalue weighted by Gasteiger charge is 2.45. The van der Waals surface area contributed by atoms with E-state index < -0.39 is 0 Å². The Bertz CT molecular complexity index is 405. The molecule has 0 bridgehead atoms. The number of nitrogens with zero attached hydrogens (tertiary/aromatic N) is 1. The van der Waals surface area contributed by atoms with E-state index in [9.17, 15) is 4.79 Å². The molecule has 0 amide bonds. The van der Waals surface area contributed by atoms with E-state index >= 15 is 0 Å². The molecule has 0 spiro atoms. The minimum Gasteiger partial charge on any atom is -0.464 e. The SMILES string of the molecule is COC(=O)c1ccc(C2(CCN)CC2)n1C. The smallest absolute Gasteiger partial charge is 0.354 e. The summed E-state index contributed by atoms with van der Waals surface area (Å²) in [7, 11) is 3.32. The number of carbonyl (C=O) groups excluding carboxylic acids is 1. The average Bonchev–Trinajstić information content (AvgIpc) is 2.94. The second-order valence-corrected chi connectivity index (χ2v) is 4.47. The standard InChI is InChI=1S/C12H18N2O2/c1-14-9(11(15)16-2)3-4-10(14)12(5-6-12)7-8-13/h3-4H,5-8,13H2,1-2H3. The third kappa shape index (κ3) is 1.63. The molecule has 1 aliphatic carbocycles. The van der Waals surface area contributed by atoms with Crippen molar-refractivity contribution in [1.82, 2.24) is 4.57 Å². The lowest BCUT2D eigenvalue weighted by molar-refractivity contribution is 0.0589. The molecular weight excluding hydrogens is 204 g/mol. The van der Waals surface area contributed by atoms with Gasteiger partial charge >= 0.3 is 5.97 Å². The molecule has 1 fully saturated rings. The largest absolute Gasteiger partial charge is 0.464 e. The summed E-state index contributed by atoms with van der Waals surface area (Å²) in [4.78, 5) is 11.5. The molecule has 0 saturated heterocycles. The van der Waals surface area contributed by atoms with Crippen LogP contribution in [0.1, 0.15) is 35.4 Å². The molecule has 0 radical (unpaired) electrons. The minimum absolute atomic E-state index is 0.218. The minimum atomic E-state index is -0.280.